The van der Waals surface area contributed by atoms with Gasteiger partial charge in [0, 0.05) is 13.1 Å². The molecule has 19 heavy (non-hydrogen) atoms. The molecule has 2 N–H and O–H groups in total. The smallest absolute Gasteiger partial charge is 0.223 e. The summed E-state index contributed by atoms with van der Waals surface area (Å²) in [5, 5.41) is 3.25. The van der Waals surface area contributed by atoms with Gasteiger partial charge in [-0.25, -0.2) is 4.98 Å². The Bertz CT molecular complexity index is 587. The molecule has 0 aliphatic heterocycles. The van der Waals surface area contributed by atoms with E-state index in [1.54, 1.807) is 11.3 Å². The van der Waals surface area contributed by atoms with Crippen molar-refractivity contribution >= 4 is 33.3 Å². The van der Waals surface area contributed by atoms with Crippen LogP contribution in [0.1, 0.15) is 25.7 Å². The van der Waals surface area contributed by atoms with E-state index in [1.807, 2.05) is 0 Å². The summed E-state index contributed by atoms with van der Waals surface area (Å²) >= 11 is 1.64. The van der Waals surface area contributed by atoms with E-state index in [1.165, 1.54) is 31.1 Å². The van der Waals surface area contributed by atoms with Crippen molar-refractivity contribution < 1.29 is 0 Å². The van der Waals surface area contributed by atoms with Gasteiger partial charge in [-0.05, 0) is 49.0 Å². The van der Waals surface area contributed by atoms with Crippen LogP contribution < -0.4 is 10.6 Å². The number of nitrogen functional groups attached to an aromatic ring is 1. The predicted octanol–water partition coefficient (Wildman–Crippen LogP) is 2.90. The predicted molar refractivity (Wildman–Crippen MR) is 79.5 cm³/mol. The van der Waals surface area contributed by atoms with Gasteiger partial charge < -0.3 is 10.6 Å². The lowest BCUT2D eigenvalue weighted by Crippen LogP contribution is -2.29. The lowest BCUT2D eigenvalue weighted by atomic mass is 10.2. The number of anilines is 2. The second-order valence-electron chi connectivity index (χ2n) is 5.84. The maximum Gasteiger partial charge on any atom is 0.223 e. The Hall–Kier alpha value is -1.36. The summed E-state index contributed by atoms with van der Waals surface area (Å²) in [6.45, 7) is 2.27. The molecule has 4 rings (SSSR count). The maximum atomic E-state index is 5.87. The molecule has 2 aromatic heterocycles. The number of rotatable bonds is 5. The fourth-order valence-electron chi connectivity index (χ4n) is 2.57. The Labute approximate surface area is 116 Å². The first-order chi connectivity index (χ1) is 9.29. The minimum atomic E-state index is 0.404. The highest BCUT2D eigenvalue weighted by Gasteiger charge is 2.30. The monoisotopic (exact) mass is 274 g/mol. The lowest BCUT2D eigenvalue weighted by Gasteiger charge is -2.24. The summed E-state index contributed by atoms with van der Waals surface area (Å²) < 4.78 is 0. The zero-order valence-electron chi connectivity index (χ0n) is 10.9. The number of hydrogen-bond donors (Lipinski definition) is 1. The molecule has 2 aliphatic rings. The number of fused-ring (bicyclic) bond motifs is 1. The Balaban J connectivity index is 1.72. The van der Waals surface area contributed by atoms with E-state index in [0.717, 1.165) is 35.6 Å². The highest BCUT2D eigenvalue weighted by Crippen LogP contribution is 2.37. The number of aromatic nitrogens is 2. The minimum Gasteiger partial charge on any atom is -0.368 e. The zero-order valence-corrected chi connectivity index (χ0v) is 11.7. The van der Waals surface area contributed by atoms with Crippen molar-refractivity contribution in [1.82, 2.24) is 9.97 Å². The molecule has 0 atom stereocenters. The van der Waals surface area contributed by atoms with E-state index in [9.17, 15) is 0 Å². The Morgan fingerprint density at radius 1 is 1.16 bits per heavy atom. The third kappa shape index (κ3) is 2.39. The highest BCUT2D eigenvalue weighted by molar-refractivity contribution is 7.16. The molecule has 4 nitrogen and oxygen atoms in total. The van der Waals surface area contributed by atoms with E-state index in [2.05, 4.69) is 26.3 Å². The molecule has 2 heterocycles. The first-order valence-corrected chi connectivity index (χ1v) is 7.93. The van der Waals surface area contributed by atoms with Crippen LogP contribution in [0.4, 0.5) is 11.8 Å². The molecule has 5 heteroatoms. The molecule has 100 valence electrons. The van der Waals surface area contributed by atoms with Gasteiger partial charge in [-0.1, -0.05) is 0 Å². The van der Waals surface area contributed by atoms with E-state index < -0.39 is 0 Å². The van der Waals surface area contributed by atoms with Crippen LogP contribution in [-0.2, 0) is 0 Å². The largest absolute Gasteiger partial charge is 0.368 e. The SMILES string of the molecule is Nc1nc(N(CC2CC2)CC2CC2)c2ccsc2n1. The fraction of sp³-hybridized carbons (Fsp3) is 0.571. The average Bonchev–Trinajstić information content (AvgIpc) is 3.30. The molecule has 2 fully saturated rings. The molecule has 0 spiro atoms. The third-order valence-electron chi connectivity index (χ3n) is 3.97. The topological polar surface area (TPSA) is 55.0 Å². The van der Waals surface area contributed by atoms with Gasteiger partial charge in [0.15, 0.2) is 0 Å². The van der Waals surface area contributed by atoms with Crippen LogP contribution in [0.5, 0.6) is 0 Å². The van der Waals surface area contributed by atoms with Crippen LogP contribution in [0.15, 0.2) is 11.4 Å². The van der Waals surface area contributed by atoms with E-state index >= 15 is 0 Å². The van der Waals surface area contributed by atoms with Crippen molar-refractivity contribution in [2.75, 3.05) is 23.7 Å². The molecule has 2 aromatic rings. The number of thiophene rings is 1. The maximum absolute atomic E-state index is 5.87. The van der Waals surface area contributed by atoms with E-state index in [0.29, 0.717) is 5.95 Å². The molecule has 0 aromatic carbocycles. The van der Waals surface area contributed by atoms with Gasteiger partial charge in [0.25, 0.3) is 0 Å². The molecule has 2 aliphatic carbocycles. The second-order valence-corrected chi connectivity index (χ2v) is 6.73. The summed E-state index contributed by atoms with van der Waals surface area (Å²) in [6, 6.07) is 2.13. The van der Waals surface area contributed by atoms with Crippen molar-refractivity contribution in [3.8, 4) is 0 Å². The summed E-state index contributed by atoms with van der Waals surface area (Å²) in [4.78, 5) is 12.3. The summed E-state index contributed by atoms with van der Waals surface area (Å²) in [5.74, 6) is 3.19. The quantitative estimate of drug-likeness (QED) is 0.911. The molecular formula is C14H18N4S. The van der Waals surface area contributed by atoms with Gasteiger partial charge in [-0.2, -0.15) is 4.98 Å². The fourth-order valence-corrected chi connectivity index (χ4v) is 3.33. The van der Waals surface area contributed by atoms with Crippen molar-refractivity contribution in [2.45, 2.75) is 25.7 Å². The summed E-state index contributed by atoms with van der Waals surface area (Å²) in [6.07, 6.45) is 5.48. The second kappa shape index (κ2) is 4.34. The van der Waals surface area contributed by atoms with Crippen molar-refractivity contribution in [1.29, 1.82) is 0 Å². The summed E-state index contributed by atoms with van der Waals surface area (Å²) in [5.41, 5.74) is 5.87. The molecule has 0 radical (unpaired) electrons. The van der Waals surface area contributed by atoms with E-state index in [4.69, 9.17) is 5.73 Å². The van der Waals surface area contributed by atoms with Crippen LogP contribution in [0.2, 0.25) is 0 Å². The van der Waals surface area contributed by atoms with Gasteiger partial charge in [-0.15, -0.1) is 11.3 Å². The number of nitrogens with zero attached hydrogens (tertiary/aromatic N) is 3. The van der Waals surface area contributed by atoms with Gasteiger partial charge in [0.05, 0.1) is 5.39 Å². The van der Waals surface area contributed by atoms with Crippen LogP contribution in [0.25, 0.3) is 10.2 Å². The molecule has 2 saturated carbocycles. The van der Waals surface area contributed by atoms with Crippen molar-refractivity contribution in [3.05, 3.63) is 11.4 Å². The van der Waals surface area contributed by atoms with Crippen LogP contribution in [-0.4, -0.2) is 23.1 Å². The molecule has 0 unspecified atom stereocenters. The minimum absolute atomic E-state index is 0.404. The highest BCUT2D eigenvalue weighted by atomic mass is 32.1. The van der Waals surface area contributed by atoms with Crippen LogP contribution >= 0.6 is 11.3 Å². The molecular weight excluding hydrogens is 256 g/mol. The Morgan fingerprint density at radius 2 is 1.84 bits per heavy atom. The standard InChI is InChI=1S/C14H18N4S/c15-14-16-12(11-5-6-19-13(11)17-14)18(7-9-1-2-9)8-10-3-4-10/h5-6,9-10H,1-4,7-8H2,(H2,15,16,17). The Kier molecular flexibility index (Phi) is 2.62. The third-order valence-corrected chi connectivity index (χ3v) is 4.78. The van der Waals surface area contributed by atoms with Gasteiger partial charge >= 0.3 is 0 Å². The first kappa shape index (κ1) is 11.5. The molecule has 0 bridgehead atoms. The van der Waals surface area contributed by atoms with Crippen molar-refractivity contribution in [3.63, 3.8) is 0 Å². The van der Waals surface area contributed by atoms with Gasteiger partial charge in [0.2, 0.25) is 5.95 Å². The molecule has 0 amide bonds. The first-order valence-electron chi connectivity index (χ1n) is 7.05. The summed E-state index contributed by atoms with van der Waals surface area (Å²) in [7, 11) is 0. The average molecular weight is 274 g/mol. The zero-order chi connectivity index (χ0) is 12.8. The van der Waals surface area contributed by atoms with E-state index in [-0.39, 0.29) is 0 Å². The molecule has 0 saturated heterocycles. The van der Waals surface area contributed by atoms with Gasteiger partial charge in [-0.3, -0.25) is 0 Å². The normalized spacial score (nSPS) is 18.9. The van der Waals surface area contributed by atoms with Crippen LogP contribution in [0, 0.1) is 11.8 Å². The number of nitrogens with two attached hydrogens (primary N) is 1. The van der Waals surface area contributed by atoms with Crippen molar-refractivity contribution in [2.24, 2.45) is 11.8 Å². The van der Waals surface area contributed by atoms with Crippen LogP contribution in [0.3, 0.4) is 0 Å². The Morgan fingerprint density at radius 3 is 2.47 bits per heavy atom. The number of hydrogen-bond acceptors (Lipinski definition) is 5. The lowest BCUT2D eigenvalue weighted by molar-refractivity contribution is 0.674. The van der Waals surface area contributed by atoms with Gasteiger partial charge in [0.1, 0.15) is 10.6 Å².